The molecule has 346 valence electrons. The van der Waals surface area contributed by atoms with Crippen molar-refractivity contribution in [2.45, 2.75) is 245 Å². The number of allylic oxidation sites excluding steroid dienone is 12. The van der Waals surface area contributed by atoms with Gasteiger partial charge in [-0.05, 0) is 103 Å². The zero-order valence-electron chi connectivity index (χ0n) is 39.7. The van der Waals surface area contributed by atoms with E-state index in [9.17, 15) is 9.59 Å². The van der Waals surface area contributed by atoms with Crippen LogP contribution >= 0.6 is 0 Å². The van der Waals surface area contributed by atoms with Crippen molar-refractivity contribution in [2.75, 3.05) is 19.8 Å². The molecule has 0 saturated carbocycles. The molecule has 0 N–H and O–H groups in total. The zero-order valence-corrected chi connectivity index (χ0v) is 39.7. The largest absolute Gasteiger partial charge is 0.462 e. The lowest BCUT2D eigenvalue weighted by Crippen LogP contribution is -2.30. The van der Waals surface area contributed by atoms with E-state index in [0.29, 0.717) is 19.4 Å². The van der Waals surface area contributed by atoms with Gasteiger partial charge in [0.25, 0.3) is 0 Å². The minimum atomic E-state index is -0.550. The van der Waals surface area contributed by atoms with Crippen LogP contribution < -0.4 is 0 Å². The lowest BCUT2D eigenvalue weighted by atomic mass is 10.1. The van der Waals surface area contributed by atoms with E-state index < -0.39 is 6.10 Å². The zero-order chi connectivity index (χ0) is 43.5. The normalized spacial score (nSPS) is 12.8. The average molecular weight is 837 g/mol. The van der Waals surface area contributed by atoms with E-state index in [1.54, 1.807) is 0 Å². The summed E-state index contributed by atoms with van der Waals surface area (Å²) >= 11 is 0. The van der Waals surface area contributed by atoms with Gasteiger partial charge >= 0.3 is 11.9 Å². The summed E-state index contributed by atoms with van der Waals surface area (Å²) in [5.41, 5.74) is 0. The fraction of sp³-hybridized carbons (Fsp3) is 0.745. The Labute approximate surface area is 372 Å². The quantitative estimate of drug-likeness (QED) is 0.0347. The Kier molecular flexibility index (Phi) is 48.4. The molecular weight excluding hydrogens is 741 g/mol. The lowest BCUT2D eigenvalue weighted by Gasteiger charge is -2.18. The van der Waals surface area contributed by atoms with Crippen LogP contribution in [0.25, 0.3) is 0 Å². The third-order valence-electron chi connectivity index (χ3n) is 10.7. The molecule has 0 aromatic carbocycles. The van der Waals surface area contributed by atoms with Crippen molar-refractivity contribution in [1.82, 2.24) is 0 Å². The summed E-state index contributed by atoms with van der Waals surface area (Å²) in [4.78, 5) is 25.3. The molecule has 0 aliphatic heterocycles. The first-order chi connectivity index (χ1) is 29.6. The molecule has 0 amide bonds. The highest BCUT2D eigenvalue weighted by atomic mass is 16.6. The Balaban J connectivity index is 4.26. The van der Waals surface area contributed by atoms with Crippen LogP contribution in [0.15, 0.2) is 72.9 Å². The van der Waals surface area contributed by atoms with Crippen molar-refractivity contribution in [2.24, 2.45) is 0 Å². The second-order valence-corrected chi connectivity index (χ2v) is 16.7. The standard InChI is InChI=1S/C55H96O5/c1-4-7-10-13-16-19-22-24-25-26-27-28-29-30-32-35-38-41-44-47-50-58-51-53(60-55(57)49-46-43-40-37-33-21-18-15-12-9-6-3)52-59-54(56)48-45-42-39-36-34-31-23-20-17-14-11-8-5-2/h7,10,15-16,18-20,23-25,27-28,53H,4-6,8-9,11-14,17,21-22,26,29-52H2,1-3H3/b10-7-,18-15-,19-16-,23-20-,25-24-,28-27-. The molecule has 0 aromatic heterocycles. The van der Waals surface area contributed by atoms with Crippen molar-refractivity contribution in [1.29, 1.82) is 0 Å². The number of hydrogen-bond acceptors (Lipinski definition) is 5. The molecule has 0 aliphatic rings. The number of carbonyl (C=O) groups is 2. The summed E-state index contributed by atoms with van der Waals surface area (Å²) < 4.78 is 17.4. The number of hydrogen-bond donors (Lipinski definition) is 0. The fourth-order valence-electron chi connectivity index (χ4n) is 6.89. The average Bonchev–Trinajstić information content (AvgIpc) is 3.25. The van der Waals surface area contributed by atoms with E-state index in [-0.39, 0.29) is 25.2 Å². The van der Waals surface area contributed by atoms with Gasteiger partial charge in [-0.15, -0.1) is 0 Å². The molecule has 1 unspecified atom stereocenters. The molecule has 5 nitrogen and oxygen atoms in total. The van der Waals surface area contributed by atoms with Crippen molar-refractivity contribution in [3.8, 4) is 0 Å². The maximum atomic E-state index is 12.7. The maximum Gasteiger partial charge on any atom is 0.306 e. The van der Waals surface area contributed by atoms with Crippen LogP contribution in [0.1, 0.15) is 239 Å². The van der Waals surface area contributed by atoms with Crippen LogP contribution in [0.2, 0.25) is 0 Å². The molecule has 1 atom stereocenters. The minimum Gasteiger partial charge on any atom is -0.462 e. The Bertz CT molecular complexity index is 1080. The van der Waals surface area contributed by atoms with Gasteiger partial charge in [0.1, 0.15) is 6.61 Å². The van der Waals surface area contributed by atoms with E-state index >= 15 is 0 Å². The summed E-state index contributed by atoms with van der Waals surface area (Å²) in [5.74, 6) is -0.424. The summed E-state index contributed by atoms with van der Waals surface area (Å²) in [5, 5.41) is 0. The second kappa shape index (κ2) is 50.7. The molecule has 60 heavy (non-hydrogen) atoms. The third kappa shape index (κ3) is 48.0. The Morgan fingerprint density at radius 2 is 0.767 bits per heavy atom. The Hall–Kier alpha value is -2.66. The SMILES string of the molecule is CC/C=C\C/C=C\C/C=C\C/C=C\CCCCCCCCCOCC(COC(=O)CCCCCCC/C=C\CCCCCC)OC(=O)CCCCCCC/C=C\CCCC. The topological polar surface area (TPSA) is 61.8 Å². The van der Waals surface area contributed by atoms with Gasteiger partial charge in [-0.3, -0.25) is 9.59 Å². The molecule has 0 radical (unpaired) electrons. The predicted molar refractivity (Wildman–Crippen MR) is 260 cm³/mol. The predicted octanol–water partition coefficient (Wildman–Crippen LogP) is 17.1. The van der Waals surface area contributed by atoms with Crippen LogP contribution in [0.3, 0.4) is 0 Å². The van der Waals surface area contributed by atoms with Gasteiger partial charge in [-0.2, -0.15) is 0 Å². The van der Waals surface area contributed by atoms with Crippen LogP contribution in [-0.2, 0) is 23.8 Å². The number of carbonyl (C=O) groups excluding carboxylic acids is 2. The van der Waals surface area contributed by atoms with Gasteiger partial charge in [0.05, 0.1) is 6.61 Å². The first kappa shape index (κ1) is 57.3. The van der Waals surface area contributed by atoms with Crippen molar-refractivity contribution < 1.29 is 23.8 Å². The van der Waals surface area contributed by atoms with Crippen molar-refractivity contribution >= 4 is 11.9 Å². The Morgan fingerprint density at radius 1 is 0.383 bits per heavy atom. The van der Waals surface area contributed by atoms with Gasteiger partial charge in [-0.1, -0.05) is 196 Å². The molecule has 0 rings (SSSR count). The molecule has 0 fully saturated rings. The van der Waals surface area contributed by atoms with Gasteiger partial charge in [0.2, 0.25) is 0 Å². The van der Waals surface area contributed by atoms with Gasteiger partial charge in [0, 0.05) is 19.4 Å². The van der Waals surface area contributed by atoms with Crippen molar-refractivity contribution in [3.63, 3.8) is 0 Å². The summed E-state index contributed by atoms with van der Waals surface area (Å²) in [6, 6.07) is 0. The maximum absolute atomic E-state index is 12.7. The van der Waals surface area contributed by atoms with E-state index in [1.165, 1.54) is 116 Å². The van der Waals surface area contributed by atoms with Gasteiger partial charge in [0.15, 0.2) is 6.10 Å². The molecule has 5 heteroatoms. The minimum absolute atomic E-state index is 0.0715. The molecule has 0 heterocycles. The first-order valence-corrected chi connectivity index (χ1v) is 25.5. The molecule has 0 aromatic rings. The smallest absolute Gasteiger partial charge is 0.306 e. The number of unbranched alkanes of at least 4 members (excludes halogenated alkanes) is 23. The highest BCUT2D eigenvalue weighted by molar-refractivity contribution is 5.70. The van der Waals surface area contributed by atoms with Crippen LogP contribution in [0.5, 0.6) is 0 Å². The van der Waals surface area contributed by atoms with E-state index in [0.717, 1.165) is 89.9 Å². The summed E-state index contributed by atoms with van der Waals surface area (Å²) in [7, 11) is 0. The number of rotatable bonds is 46. The third-order valence-corrected chi connectivity index (χ3v) is 10.7. The summed E-state index contributed by atoms with van der Waals surface area (Å²) in [6.07, 6.45) is 64.8. The molecule has 0 spiro atoms. The first-order valence-electron chi connectivity index (χ1n) is 25.5. The van der Waals surface area contributed by atoms with Crippen LogP contribution in [0.4, 0.5) is 0 Å². The highest BCUT2D eigenvalue weighted by Crippen LogP contribution is 2.13. The second-order valence-electron chi connectivity index (χ2n) is 16.7. The van der Waals surface area contributed by atoms with Crippen LogP contribution in [0, 0.1) is 0 Å². The molecule has 0 saturated heterocycles. The van der Waals surface area contributed by atoms with E-state index in [4.69, 9.17) is 14.2 Å². The van der Waals surface area contributed by atoms with Crippen molar-refractivity contribution in [3.05, 3.63) is 72.9 Å². The summed E-state index contributed by atoms with van der Waals surface area (Å²) in [6.45, 7) is 7.63. The van der Waals surface area contributed by atoms with E-state index in [1.807, 2.05) is 0 Å². The highest BCUT2D eigenvalue weighted by Gasteiger charge is 2.17. The molecule has 0 bridgehead atoms. The fourth-order valence-corrected chi connectivity index (χ4v) is 6.89. The van der Waals surface area contributed by atoms with Crippen LogP contribution in [-0.4, -0.2) is 37.9 Å². The molecular formula is C55H96O5. The number of esters is 2. The Morgan fingerprint density at radius 3 is 1.27 bits per heavy atom. The van der Waals surface area contributed by atoms with E-state index in [2.05, 4.69) is 93.7 Å². The number of ether oxygens (including phenoxy) is 3. The van der Waals surface area contributed by atoms with Gasteiger partial charge < -0.3 is 14.2 Å². The lowest BCUT2D eigenvalue weighted by molar-refractivity contribution is -0.163. The van der Waals surface area contributed by atoms with Gasteiger partial charge in [-0.25, -0.2) is 0 Å². The monoisotopic (exact) mass is 837 g/mol. The molecule has 0 aliphatic carbocycles.